The molecule has 1 aromatic carbocycles. The van der Waals surface area contributed by atoms with Crippen LogP contribution in [0.25, 0.3) is 16.9 Å². The molecule has 0 radical (unpaired) electrons. The van der Waals surface area contributed by atoms with Crippen LogP contribution in [-0.4, -0.2) is 36.6 Å². The molecule has 3 heterocycles. The molecule has 3 aromatic heterocycles. The lowest BCUT2D eigenvalue weighted by Crippen LogP contribution is -2.10. The molecule has 4 rings (SSSR count). The van der Waals surface area contributed by atoms with E-state index in [1.54, 1.807) is 24.4 Å². The van der Waals surface area contributed by atoms with Crippen molar-refractivity contribution in [2.45, 2.75) is 5.03 Å². The summed E-state index contributed by atoms with van der Waals surface area (Å²) in [5.74, 6) is 1.14. The van der Waals surface area contributed by atoms with Crippen LogP contribution in [0, 0.1) is 10.1 Å². The third-order valence-corrected chi connectivity index (χ3v) is 5.78. The maximum atomic E-state index is 10.8. The lowest BCUT2D eigenvalue weighted by Gasteiger charge is -2.11. The van der Waals surface area contributed by atoms with E-state index in [4.69, 9.17) is 28.9 Å². The molecule has 12 heteroatoms. The van der Waals surface area contributed by atoms with E-state index in [2.05, 4.69) is 20.3 Å². The number of hydrogen-bond donors (Lipinski definition) is 2. The van der Waals surface area contributed by atoms with Crippen molar-refractivity contribution in [2.24, 2.45) is 0 Å². The fourth-order valence-electron chi connectivity index (χ4n) is 2.89. The second-order valence-corrected chi connectivity index (χ2v) is 8.29. The third-order valence-electron chi connectivity index (χ3n) is 4.31. The molecular formula is C19H15Cl2N7O2S. The normalized spacial score (nSPS) is 11.0. The third kappa shape index (κ3) is 4.66. The van der Waals surface area contributed by atoms with E-state index in [1.165, 1.54) is 17.8 Å². The van der Waals surface area contributed by atoms with Gasteiger partial charge in [-0.05, 0) is 24.3 Å². The molecule has 0 spiro atoms. The van der Waals surface area contributed by atoms with Crippen LogP contribution in [0.5, 0.6) is 0 Å². The zero-order valence-electron chi connectivity index (χ0n) is 15.8. The summed E-state index contributed by atoms with van der Waals surface area (Å²) >= 11 is 13.8. The highest BCUT2D eigenvalue weighted by Gasteiger charge is 2.14. The maximum absolute atomic E-state index is 10.8. The number of nitrogens with one attached hydrogen (secondary N) is 1. The number of thioether (sulfide) groups is 1. The summed E-state index contributed by atoms with van der Waals surface area (Å²) in [6.45, 7) is 0.557. The van der Waals surface area contributed by atoms with E-state index in [1.807, 2.05) is 22.7 Å². The van der Waals surface area contributed by atoms with Gasteiger partial charge in [-0.1, -0.05) is 23.2 Å². The summed E-state index contributed by atoms with van der Waals surface area (Å²) in [5, 5.41) is 15.8. The monoisotopic (exact) mass is 475 g/mol. The molecule has 3 N–H and O–H groups in total. The molecule has 0 aliphatic heterocycles. The van der Waals surface area contributed by atoms with Crippen LogP contribution in [0.2, 0.25) is 10.0 Å². The summed E-state index contributed by atoms with van der Waals surface area (Å²) < 4.78 is 1.83. The van der Waals surface area contributed by atoms with Crippen molar-refractivity contribution in [3.8, 4) is 11.3 Å². The predicted molar refractivity (Wildman–Crippen MR) is 123 cm³/mol. The summed E-state index contributed by atoms with van der Waals surface area (Å²) in [6, 6.07) is 10.0. The fourth-order valence-corrected chi connectivity index (χ4v) is 4.13. The van der Waals surface area contributed by atoms with Crippen LogP contribution >= 0.6 is 35.0 Å². The van der Waals surface area contributed by atoms with E-state index in [9.17, 15) is 10.1 Å². The lowest BCUT2D eigenvalue weighted by atomic mass is 10.1. The lowest BCUT2D eigenvalue weighted by molar-refractivity contribution is -0.384. The molecule has 0 aliphatic rings. The van der Waals surface area contributed by atoms with Crippen molar-refractivity contribution < 1.29 is 4.92 Å². The number of nitrogen functional groups attached to an aromatic ring is 1. The van der Waals surface area contributed by atoms with Crippen LogP contribution in [-0.2, 0) is 0 Å². The van der Waals surface area contributed by atoms with E-state index in [0.29, 0.717) is 39.0 Å². The van der Waals surface area contributed by atoms with Gasteiger partial charge in [0, 0.05) is 47.4 Å². The molecule has 0 bridgehead atoms. The first-order chi connectivity index (χ1) is 14.9. The Hall–Kier alpha value is -3.08. The van der Waals surface area contributed by atoms with Gasteiger partial charge in [-0.25, -0.2) is 15.0 Å². The highest BCUT2D eigenvalue weighted by atomic mass is 35.5. The molecular weight excluding hydrogens is 461 g/mol. The van der Waals surface area contributed by atoms with Crippen molar-refractivity contribution in [2.75, 3.05) is 23.3 Å². The first kappa shape index (κ1) is 21.2. The number of aromatic nitrogens is 4. The Balaban J connectivity index is 1.49. The van der Waals surface area contributed by atoms with Crippen molar-refractivity contribution in [3.05, 3.63) is 69.0 Å². The zero-order valence-corrected chi connectivity index (χ0v) is 18.2. The molecule has 31 heavy (non-hydrogen) atoms. The van der Waals surface area contributed by atoms with Gasteiger partial charge in [-0.2, -0.15) is 0 Å². The van der Waals surface area contributed by atoms with Crippen molar-refractivity contribution in [3.63, 3.8) is 0 Å². The number of anilines is 2. The molecule has 0 saturated heterocycles. The zero-order chi connectivity index (χ0) is 22.0. The number of nitrogens with zero attached hydrogens (tertiary/aromatic N) is 5. The Kier molecular flexibility index (Phi) is 6.12. The van der Waals surface area contributed by atoms with Gasteiger partial charge in [-0.3, -0.25) is 14.5 Å². The SMILES string of the molecule is Nc1nc(SCCNc2nc(-c3ccc(Cl)cc3Cl)cc3nccn23)ccc1[N+](=O)[O-]. The molecule has 0 saturated carbocycles. The number of fused-ring (bicyclic) bond motifs is 1. The van der Waals surface area contributed by atoms with Gasteiger partial charge in [0.15, 0.2) is 0 Å². The highest BCUT2D eigenvalue weighted by Crippen LogP contribution is 2.31. The number of halogens is 2. The van der Waals surface area contributed by atoms with Gasteiger partial charge < -0.3 is 11.1 Å². The number of benzene rings is 1. The smallest absolute Gasteiger partial charge is 0.311 e. The first-order valence-corrected chi connectivity index (χ1v) is 10.7. The van der Waals surface area contributed by atoms with E-state index in [-0.39, 0.29) is 11.5 Å². The summed E-state index contributed by atoms with van der Waals surface area (Å²) in [7, 11) is 0. The Morgan fingerprint density at radius 3 is 2.77 bits per heavy atom. The minimum absolute atomic E-state index is 0.0997. The average Bonchev–Trinajstić information content (AvgIpc) is 3.19. The van der Waals surface area contributed by atoms with Crippen LogP contribution in [0.3, 0.4) is 0 Å². The maximum Gasteiger partial charge on any atom is 0.311 e. The fraction of sp³-hybridized carbons (Fsp3) is 0.105. The topological polar surface area (TPSA) is 124 Å². The Morgan fingerprint density at radius 1 is 1.19 bits per heavy atom. The van der Waals surface area contributed by atoms with Crippen LogP contribution < -0.4 is 11.1 Å². The summed E-state index contributed by atoms with van der Waals surface area (Å²) in [5.41, 5.74) is 7.57. The number of hydrogen-bond acceptors (Lipinski definition) is 8. The number of nitrogens with two attached hydrogens (primary N) is 1. The Morgan fingerprint density at radius 2 is 2.03 bits per heavy atom. The molecule has 158 valence electrons. The second-order valence-electron chi connectivity index (χ2n) is 6.33. The van der Waals surface area contributed by atoms with Gasteiger partial charge in [0.05, 0.1) is 20.7 Å². The van der Waals surface area contributed by atoms with Crippen molar-refractivity contribution >= 4 is 58.1 Å². The predicted octanol–water partition coefficient (Wildman–Crippen LogP) is 4.79. The number of imidazole rings is 1. The van der Waals surface area contributed by atoms with Crippen molar-refractivity contribution in [1.82, 2.24) is 19.4 Å². The van der Waals surface area contributed by atoms with E-state index >= 15 is 0 Å². The second kappa shape index (κ2) is 8.96. The highest BCUT2D eigenvalue weighted by molar-refractivity contribution is 7.99. The molecule has 0 unspecified atom stereocenters. The molecule has 9 nitrogen and oxygen atoms in total. The largest absolute Gasteiger partial charge is 0.378 e. The molecule has 0 aliphatic carbocycles. The molecule has 4 aromatic rings. The number of pyridine rings is 1. The van der Waals surface area contributed by atoms with Gasteiger partial charge in [0.25, 0.3) is 0 Å². The Labute approximate surface area is 190 Å². The first-order valence-electron chi connectivity index (χ1n) is 8.99. The van der Waals surface area contributed by atoms with Crippen LogP contribution in [0.15, 0.2) is 53.8 Å². The molecule has 0 amide bonds. The minimum atomic E-state index is -0.555. The standard InChI is InChI=1S/C19H15Cl2N7O2S/c20-11-1-2-12(13(21)9-11)14-10-16-23-5-7-27(16)19(25-14)24-6-8-31-17-4-3-15(28(29)30)18(22)26-17/h1-5,7,9-10H,6,8H2,(H2,22,26)(H,24,25). The molecule has 0 atom stereocenters. The van der Waals surface area contributed by atoms with Crippen molar-refractivity contribution in [1.29, 1.82) is 0 Å². The van der Waals surface area contributed by atoms with Gasteiger partial charge in [-0.15, -0.1) is 11.8 Å². The van der Waals surface area contributed by atoms with E-state index < -0.39 is 4.92 Å². The molecule has 0 fully saturated rings. The minimum Gasteiger partial charge on any atom is -0.378 e. The summed E-state index contributed by atoms with van der Waals surface area (Å²) in [6.07, 6.45) is 3.50. The van der Waals surface area contributed by atoms with Crippen LogP contribution in [0.4, 0.5) is 17.5 Å². The number of nitro groups is 1. The van der Waals surface area contributed by atoms with Gasteiger partial charge in [0.1, 0.15) is 5.65 Å². The summed E-state index contributed by atoms with van der Waals surface area (Å²) in [4.78, 5) is 23.4. The average molecular weight is 476 g/mol. The Bertz CT molecular complexity index is 1280. The quantitative estimate of drug-likeness (QED) is 0.169. The van der Waals surface area contributed by atoms with Crippen LogP contribution in [0.1, 0.15) is 0 Å². The van der Waals surface area contributed by atoms with Gasteiger partial charge >= 0.3 is 5.69 Å². The number of rotatable bonds is 7. The van der Waals surface area contributed by atoms with E-state index in [0.717, 1.165) is 11.2 Å². The van der Waals surface area contributed by atoms with Gasteiger partial charge in [0.2, 0.25) is 11.8 Å².